The predicted octanol–water partition coefficient (Wildman–Crippen LogP) is 0.249. The Morgan fingerprint density at radius 2 is 2.31 bits per heavy atom. The summed E-state index contributed by atoms with van der Waals surface area (Å²) in [6.07, 6.45) is -1.29. The monoisotopic (exact) mass is 254 g/mol. The van der Waals surface area contributed by atoms with Gasteiger partial charge >= 0.3 is 6.03 Å². The third kappa shape index (κ3) is 1.97. The van der Waals surface area contributed by atoms with Crippen molar-refractivity contribution < 1.29 is 18.7 Å². The largest absolute Gasteiger partial charge is 0.354 e. The number of carbonyl (C=O) groups excluding carboxylic acids is 2. The molecule has 1 heterocycles. The van der Waals surface area contributed by atoms with E-state index in [1.165, 1.54) is 0 Å². The zero-order valence-electron chi connectivity index (χ0n) is 6.77. The molecule has 7 heteroatoms. The maximum atomic E-state index is 13.5. The number of carbonyl (C=O) groups is 2. The Hall–Kier alpha value is -0.690. The second-order valence-corrected chi connectivity index (χ2v) is 3.54. The van der Waals surface area contributed by atoms with Crippen LogP contribution in [0.5, 0.6) is 0 Å². The highest BCUT2D eigenvalue weighted by Crippen LogP contribution is 2.27. The molecule has 5 nitrogen and oxygen atoms in total. The van der Waals surface area contributed by atoms with Crippen molar-refractivity contribution in [1.29, 1.82) is 0 Å². The van der Waals surface area contributed by atoms with E-state index < -0.39 is 22.7 Å². The predicted molar refractivity (Wildman–Crippen MR) is 44.9 cm³/mol. The van der Waals surface area contributed by atoms with Gasteiger partial charge in [-0.25, -0.2) is 9.18 Å². The Bertz CT molecular complexity index is 246. The number of imide groups is 1. The molecule has 0 saturated carbocycles. The first-order valence-electron chi connectivity index (χ1n) is 3.60. The van der Waals surface area contributed by atoms with Gasteiger partial charge in [-0.1, -0.05) is 0 Å². The van der Waals surface area contributed by atoms with Gasteiger partial charge in [0.1, 0.15) is 0 Å². The lowest BCUT2D eigenvalue weighted by Crippen LogP contribution is -2.65. The lowest BCUT2D eigenvalue weighted by molar-refractivity contribution is -0.136. The smallest absolute Gasteiger partial charge is 0.323 e. The molecule has 2 atom stereocenters. The third-order valence-corrected chi connectivity index (χ3v) is 2.23. The molecule has 0 aromatic rings. The van der Waals surface area contributed by atoms with Crippen LogP contribution in [0.15, 0.2) is 0 Å². The number of ether oxygens (including phenoxy) is 1. The van der Waals surface area contributed by atoms with Crippen LogP contribution >= 0.6 is 15.9 Å². The van der Waals surface area contributed by atoms with Crippen molar-refractivity contribution in [3.05, 3.63) is 0 Å². The van der Waals surface area contributed by atoms with Crippen LogP contribution in [0.2, 0.25) is 0 Å². The van der Waals surface area contributed by atoms with Gasteiger partial charge < -0.3 is 10.1 Å². The summed E-state index contributed by atoms with van der Waals surface area (Å²) in [6.45, 7) is 1.82. The van der Waals surface area contributed by atoms with Crippen molar-refractivity contribution in [3.8, 4) is 0 Å². The topological polar surface area (TPSA) is 67.4 Å². The van der Waals surface area contributed by atoms with Gasteiger partial charge in [0.15, 0.2) is 6.23 Å². The summed E-state index contributed by atoms with van der Waals surface area (Å²) in [7, 11) is 0. The molecule has 0 aliphatic carbocycles. The average Bonchev–Trinajstić information content (AvgIpc) is 2.01. The number of nitrogens with one attached hydrogen (secondary N) is 2. The SMILES string of the molecule is CCO[C@H]1NC(=O)NC(=O)[C@@]1(F)Br. The van der Waals surface area contributed by atoms with Crippen molar-refractivity contribution in [1.82, 2.24) is 10.6 Å². The van der Waals surface area contributed by atoms with Crippen LogP contribution in [0, 0.1) is 0 Å². The van der Waals surface area contributed by atoms with Crippen LogP contribution in [0.25, 0.3) is 0 Å². The molecule has 2 N–H and O–H groups in total. The van der Waals surface area contributed by atoms with E-state index in [0.717, 1.165) is 0 Å². The molecule has 1 aliphatic rings. The van der Waals surface area contributed by atoms with E-state index >= 15 is 0 Å². The molecule has 1 aliphatic heterocycles. The molecule has 0 bridgehead atoms. The van der Waals surface area contributed by atoms with E-state index in [0.29, 0.717) is 0 Å². The second-order valence-electron chi connectivity index (χ2n) is 2.39. The van der Waals surface area contributed by atoms with Crippen molar-refractivity contribution in [2.24, 2.45) is 0 Å². The van der Waals surface area contributed by atoms with Crippen LogP contribution < -0.4 is 10.6 Å². The van der Waals surface area contributed by atoms with Crippen molar-refractivity contribution in [2.75, 3.05) is 6.61 Å². The summed E-state index contributed by atoms with van der Waals surface area (Å²) in [6, 6.07) is -0.767. The Kier molecular flexibility index (Phi) is 2.87. The first-order valence-corrected chi connectivity index (χ1v) is 4.39. The molecular formula is C6H8BrFN2O3. The molecule has 1 saturated heterocycles. The number of halogens is 2. The first-order chi connectivity index (χ1) is 5.98. The zero-order chi connectivity index (χ0) is 10.1. The first kappa shape index (κ1) is 10.4. The van der Waals surface area contributed by atoms with E-state index in [2.05, 4.69) is 21.2 Å². The second kappa shape index (κ2) is 3.59. The molecule has 3 amide bonds. The molecule has 74 valence electrons. The summed E-state index contributed by atoms with van der Waals surface area (Å²) in [5.41, 5.74) is 0. The van der Waals surface area contributed by atoms with E-state index in [4.69, 9.17) is 4.74 Å². The van der Waals surface area contributed by atoms with Crippen LogP contribution in [0.3, 0.4) is 0 Å². The minimum Gasteiger partial charge on any atom is -0.354 e. The lowest BCUT2D eigenvalue weighted by Gasteiger charge is -2.31. The Morgan fingerprint density at radius 1 is 1.69 bits per heavy atom. The Balaban J connectivity index is 2.78. The lowest BCUT2D eigenvalue weighted by atomic mass is 10.2. The summed E-state index contributed by atoms with van der Waals surface area (Å²) in [4.78, 5) is 21.7. The number of amides is 3. The normalized spacial score (nSPS) is 33.9. The molecule has 0 spiro atoms. The highest BCUT2D eigenvalue weighted by atomic mass is 79.9. The standard InChI is InChI=1S/C6H8BrFN2O3/c1-2-13-4-6(7,8)3(11)9-5(12)10-4/h4H,2H2,1H3,(H2,9,10,11,12)/t4-,6+/m1/s1. The minimum absolute atomic E-state index is 0.190. The van der Waals surface area contributed by atoms with Gasteiger partial charge in [0.2, 0.25) is 0 Å². The van der Waals surface area contributed by atoms with Crippen LogP contribution in [-0.2, 0) is 9.53 Å². The van der Waals surface area contributed by atoms with Crippen molar-refractivity contribution in [3.63, 3.8) is 0 Å². The van der Waals surface area contributed by atoms with Crippen LogP contribution in [0.4, 0.5) is 9.18 Å². The van der Waals surface area contributed by atoms with Gasteiger partial charge in [-0.15, -0.1) is 0 Å². The zero-order valence-corrected chi connectivity index (χ0v) is 8.35. The summed E-state index contributed by atoms with van der Waals surface area (Å²) >= 11 is 2.53. The molecule has 0 aromatic heterocycles. The van der Waals surface area contributed by atoms with Gasteiger partial charge in [0.25, 0.3) is 10.5 Å². The fraction of sp³-hybridized carbons (Fsp3) is 0.667. The number of hydrogen-bond acceptors (Lipinski definition) is 3. The summed E-state index contributed by atoms with van der Waals surface area (Å²) < 4.78 is 15.9. The molecular weight excluding hydrogens is 247 g/mol. The van der Waals surface area contributed by atoms with Gasteiger partial charge in [-0.2, -0.15) is 0 Å². The maximum Gasteiger partial charge on any atom is 0.323 e. The molecule has 0 radical (unpaired) electrons. The number of rotatable bonds is 2. The highest BCUT2D eigenvalue weighted by molar-refractivity contribution is 9.10. The van der Waals surface area contributed by atoms with E-state index in [1.54, 1.807) is 12.2 Å². The van der Waals surface area contributed by atoms with E-state index in [1.807, 2.05) is 0 Å². The van der Waals surface area contributed by atoms with Gasteiger partial charge in [0.05, 0.1) is 0 Å². The Labute approximate surface area is 82.1 Å². The molecule has 1 rings (SSSR count). The van der Waals surface area contributed by atoms with E-state index in [-0.39, 0.29) is 6.61 Å². The number of urea groups is 1. The molecule has 0 aromatic carbocycles. The van der Waals surface area contributed by atoms with Crippen LogP contribution in [0.1, 0.15) is 6.92 Å². The quantitative estimate of drug-likeness (QED) is 0.695. The minimum atomic E-state index is -2.41. The number of alkyl halides is 2. The average molecular weight is 255 g/mol. The molecule has 0 unspecified atom stereocenters. The van der Waals surface area contributed by atoms with Gasteiger partial charge in [-0.3, -0.25) is 10.1 Å². The van der Waals surface area contributed by atoms with Crippen molar-refractivity contribution in [2.45, 2.75) is 17.7 Å². The van der Waals surface area contributed by atoms with E-state index in [9.17, 15) is 14.0 Å². The summed E-state index contributed by atoms with van der Waals surface area (Å²) in [5, 5.41) is 3.89. The van der Waals surface area contributed by atoms with Crippen molar-refractivity contribution >= 4 is 27.9 Å². The molecule has 13 heavy (non-hydrogen) atoms. The van der Waals surface area contributed by atoms with Gasteiger partial charge in [0, 0.05) is 6.61 Å². The number of hydrogen-bond donors (Lipinski definition) is 2. The van der Waals surface area contributed by atoms with Crippen LogP contribution in [-0.4, -0.2) is 29.4 Å². The summed E-state index contributed by atoms with van der Waals surface area (Å²) in [5.74, 6) is -1.06. The van der Waals surface area contributed by atoms with Gasteiger partial charge in [-0.05, 0) is 22.9 Å². The fourth-order valence-electron chi connectivity index (χ4n) is 0.864. The highest BCUT2D eigenvalue weighted by Gasteiger charge is 2.50. The third-order valence-electron chi connectivity index (χ3n) is 1.45. The maximum absolute atomic E-state index is 13.5. The Morgan fingerprint density at radius 3 is 2.85 bits per heavy atom. The fourth-order valence-corrected chi connectivity index (χ4v) is 1.21. The molecule has 1 fully saturated rings.